The van der Waals surface area contributed by atoms with Gasteiger partial charge in [0, 0.05) is 6.42 Å². The largest absolute Gasteiger partial charge is 0.357 e. The van der Waals surface area contributed by atoms with Crippen LogP contribution in [0.5, 0.6) is 0 Å². The highest BCUT2D eigenvalue weighted by atomic mass is 32.2. The molecule has 0 aliphatic carbocycles. The molecular weight excluding hydrogens is 386 g/mol. The molecule has 6 heteroatoms. The number of benzene rings is 2. The summed E-state index contributed by atoms with van der Waals surface area (Å²) in [7, 11) is -3.76. The molecule has 0 radical (unpaired) electrons. The number of sulfonamides is 1. The summed E-state index contributed by atoms with van der Waals surface area (Å²) >= 11 is 0. The number of hydrogen-bond acceptors (Lipinski definition) is 4. The van der Waals surface area contributed by atoms with Crippen LogP contribution in [0.2, 0.25) is 0 Å². The van der Waals surface area contributed by atoms with E-state index >= 15 is 0 Å². The van der Waals surface area contributed by atoms with Gasteiger partial charge >= 0.3 is 5.97 Å². The van der Waals surface area contributed by atoms with Crippen molar-refractivity contribution in [3.63, 3.8) is 0 Å². The van der Waals surface area contributed by atoms with E-state index in [1.54, 1.807) is 37.3 Å². The SMILES string of the molecule is CC#CCCCC(CCc1ccccc1)N(OC(=O)c1ccccc1)S(C)(=O)=O. The van der Waals surface area contributed by atoms with Gasteiger partial charge in [0.2, 0.25) is 10.0 Å². The molecule has 0 N–H and O–H groups in total. The van der Waals surface area contributed by atoms with E-state index in [0.29, 0.717) is 31.2 Å². The number of hydroxylamine groups is 1. The molecule has 0 saturated carbocycles. The summed E-state index contributed by atoms with van der Waals surface area (Å²) in [4.78, 5) is 17.9. The minimum Gasteiger partial charge on any atom is -0.348 e. The Labute approximate surface area is 173 Å². The Morgan fingerprint density at radius 1 is 1.03 bits per heavy atom. The van der Waals surface area contributed by atoms with Crippen LogP contribution in [0, 0.1) is 11.8 Å². The Kier molecular flexibility index (Phi) is 8.91. The van der Waals surface area contributed by atoms with Crippen molar-refractivity contribution in [2.75, 3.05) is 6.26 Å². The van der Waals surface area contributed by atoms with E-state index in [9.17, 15) is 13.2 Å². The van der Waals surface area contributed by atoms with E-state index in [-0.39, 0.29) is 0 Å². The predicted octanol–water partition coefficient (Wildman–Crippen LogP) is 4.22. The lowest BCUT2D eigenvalue weighted by atomic mass is 10.0. The molecule has 0 bridgehead atoms. The number of unbranched alkanes of at least 4 members (excludes halogenated alkanes) is 1. The van der Waals surface area contributed by atoms with E-state index in [2.05, 4.69) is 11.8 Å². The Morgan fingerprint density at radius 3 is 2.24 bits per heavy atom. The van der Waals surface area contributed by atoms with Crippen LogP contribution in [0.1, 0.15) is 48.5 Å². The maximum atomic E-state index is 12.5. The topological polar surface area (TPSA) is 63.7 Å². The van der Waals surface area contributed by atoms with Crippen LogP contribution in [0.3, 0.4) is 0 Å². The van der Waals surface area contributed by atoms with Crippen molar-refractivity contribution in [3.05, 3.63) is 71.8 Å². The second-order valence-electron chi connectivity index (χ2n) is 6.76. The first-order valence-electron chi connectivity index (χ1n) is 9.62. The molecule has 0 saturated heterocycles. The van der Waals surface area contributed by atoms with Crippen LogP contribution in [-0.4, -0.2) is 31.2 Å². The maximum absolute atomic E-state index is 12.5. The summed E-state index contributed by atoms with van der Waals surface area (Å²) in [6.07, 6.45) is 4.22. The van der Waals surface area contributed by atoms with Crippen LogP contribution >= 0.6 is 0 Å². The minimum absolute atomic E-state index is 0.305. The van der Waals surface area contributed by atoms with Crippen molar-refractivity contribution in [3.8, 4) is 11.8 Å². The highest BCUT2D eigenvalue weighted by Gasteiger charge is 2.31. The summed E-state index contributed by atoms with van der Waals surface area (Å²) in [6.45, 7) is 1.78. The van der Waals surface area contributed by atoms with Crippen LogP contribution in [0.15, 0.2) is 60.7 Å². The number of carbonyl (C=O) groups excluding carboxylic acids is 1. The average Bonchev–Trinajstić information content (AvgIpc) is 2.72. The van der Waals surface area contributed by atoms with Gasteiger partial charge in [-0.1, -0.05) is 48.5 Å². The highest BCUT2D eigenvalue weighted by Crippen LogP contribution is 2.20. The Morgan fingerprint density at radius 2 is 1.66 bits per heavy atom. The lowest BCUT2D eigenvalue weighted by Crippen LogP contribution is -2.41. The molecule has 0 spiro atoms. The summed E-state index contributed by atoms with van der Waals surface area (Å²) < 4.78 is 25.8. The van der Waals surface area contributed by atoms with E-state index in [4.69, 9.17) is 4.84 Å². The first kappa shape index (κ1) is 22.7. The monoisotopic (exact) mass is 413 g/mol. The van der Waals surface area contributed by atoms with Crippen LogP contribution in [-0.2, 0) is 21.3 Å². The summed E-state index contributed by atoms with van der Waals surface area (Å²) in [6, 6.07) is 17.8. The second-order valence-corrected chi connectivity index (χ2v) is 8.59. The van der Waals surface area contributed by atoms with Gasteiger partial charge in [0.05, 0.1) is 17.9 Å². The number of carbonyl (C=O) groups is 1. The van der Waals surface area contributed by atoms with Crippen molar-refractivity contribution in [2.45, 2.75) is 45.1 Å². The number of hydrogen-bond donors (Lipinski definition) is 0. The predicted molar refractivity (Wildman–Crippen MR) is 114 cm³/mol. The lowest BCUT2D eigenvalue weighted by Gasteiger charge is -2.28. The molecule has 5 nitrogen and oxygen atoms in total. The van der Waals surface area contributed by atoms with E-state index in [1.807, 2.05) is 30.3 Å². The zero-order valence-corrected chi connectivity index (χ0v) is 17.7. The number of aryl methyl sites for hydroxylation is 1. The van der Waals surface area contributed by atoms with Crippen LogP contribution in [0.25, 0.3) is 0 Å². The molecule has 2 aromatic carbocycles. The van der Waals surface area contributed by atoms with Gasteiger partial charge in [-0.2, -0.15) is 0 Å². The fourth-order valence-corrected chi connectivity index (χ4v) is 3.96. The molecular formula is C23H27NO4S. The summed E-state index contributed by atoms with van der Waals surface area (Å²) in [5, 5.41) is 0. The van der Waals surface area contributed by atoms with Gasteiger partial charge in [-0.05, 0) is 54.8 Å². The lowest BCUT2D eigenvalue weighted by molar-refractivity contribution is -0.0714. The normalized spacial score (nSPS) is 12.1. The van der Waals surface area contributed by atoms with Crippen LogP contribution in [0.4, 0.5) is 0 Å². The van der Waals surface area contributed by atoms with Gasteiger partial charge < -0.3 is 4.84 Å². The number of rotatable bonds is 10. The smallest absolute Gasteiger partial charge is 0.348 e. The second kappa shape index (κ2) is 11.4. The molecule has 2 aromatic rings. The maximum Gasteiger partial charge on any atom is 0.357 e. The standard InChI is InChI=1S/C23H27NO4S/c1-3-4-5-12-17-22(19-18-20-13-8-6-9-14-20)24(29(2,26)27)28-23(25)21-15-10-7-11-16-21/h6-11,13-16,22H,5,12,17-19H2,1-2H3. The van der Waals surface area contributed by atoms with Crippen molar-refractivity contribution in [1.82, 2.24) is 4.47 Å². The Balaban J connectivity index is 2.19. The zero-order chi connectivity index (χ0) is 21.1. The van der Waals surface area contributed by atoms with E-state index < -0.39 is 22.0 Å². The van der Waals surface area contributed by atoms with Crippen LogP contribution < -0.4 is 0 Å². The third-order valence-corrected chi connectivity index (χ3v) is 5.46. The molecule has 1 unspecified atom stereocenters. The van der Waals surface area contributed by atoms with Crippen molar-refractivity contribution >= 4 is 16.0 Å². The van der Waals surface area contributed by atoms with Gasteiger partial charge in [-0.15, -0.1) is 11.8 Å². The van der Waals surface area contributed by atoms with Gasteiger partial charge in [0.15, 0.2) is 0 Å². The van der Waals surface area contributed by atoms with Gasteiger partial charge in [0.1, 0.15) is 0 Å². The third kappa shape index (κ3) is 7.72. The van der Waals surface area contributed by atoms with Crippen molar-refractivity contribution in [2.24, 2.45) is 0 Å². The highest BCUT2D eigenvalue weighted by molar-refractivity contribution is 7.88. The molecule has 0 aliphatic rings. The van der Waals surface area contributed by atoms with Gasteiger partial charge in [-0.25, -0.2) is 13.2 Å². The van der Waals surface area contributed by atoms with Gasteiger partial charge in [0.25, 0.3) is 0 Å². The Hall–Kier alpha value is -2.62. The summed E-state index contributed by atoms with van der Waals surface area (Å²) in [5.74, 6) is 5.16. The first-order valence-corrected chi connectivity index (χ1v) is 11.5. The first-order chi connectivity index (χ1) is 13.9. The summed E-state index contributed by atoms with van der Waals surface area (Å²) in [5.41, 5.74) is 1.41. The average molecular weight is 414 g/mol. The molecule has 29 heavy (non-hydrogen) atoms. The van der Waals surface area contributed by atoms with Crippen molar-refractivity contribution < 1.29 is 18.0 Å². The molecule has 0 aliphatic heterocycles. The molecule has 0 fully saturated rings. The molecule has 0 heterocycles. The quantitative estimate of drug-likeness (QED) is 0.332. The third-order valence-electron chi connectivity index (χ3n) is 4.43. The molecule has 1 atom stereocenters. The fraction of sp³-hybridized carbons (Fsp3) is 0.348. The molecule has 2 rings (SSSR count). The van der Waals surface area contributed by atoms with Gasteiger partial charge in [-0.3, -0.25) is 0 Å². The molecule has 0 amide bonds. The fourth-order valence-electron chi connectivity index (χ4n) is 3.01. The minimum atomic E-state index is -3.76. The number of nitrogens with zero attached hydrogens (tertiary/aromatic N) is 1. The zero-order valence-electron chi connectivity index (χ0n) is 16.9. The Bertz CT molecular complexity index is 931. The van der Waals surface area contributed by atoms with E-state index in [1.165, 1.54) is 0 Å². The molecule has 0 aromatic heterocycles. The molecule has 154 valence electrons. The van der Waals surface area contributed by atoms with Crippen molar-refractivity contribution in [1.29, 1.82) is 0 Å². The van der Waals surface area contributed by atoms with E-state index in [0.717, 1.165) is 22.7 Å².